The van der Waals surface area contributed by atoms with Crippen molar-refractivity contribution in [1.82, 2.24) is 14.8 Å². The number of aliphatic hydroxyl groups is 1. The van der Waals surface area contributed by atoms with Gasteiger partial charge in [0.25, 0.3) is 11.7 Å². The summed E-state index contributed by atoms with van der Waals surface area (Å²) in [6.45, 7) is 0.986. The minimum atomic E-state index is -0.667. The van der Waals surface area contributed by atoms with Gasteiger partial charge in [-0.25, -0.2) is 0 Å². The van der Waals surface area contributed by atoms with Crippen LogP contribution in [0.2, 0.25) is 0 Å². The van der Waals surface area contributed by atoms with E-state index >= 15 is 0 Å². The SMILES string of the molecule is CN(C)CCN1C(=O)C(=O)/C(=C(\O)c2ccncc2)C1c1ccc(N(C)C)cc1. The largest absolute Gasteiger partial charge is 0.507 e. The molecule has 1 aliphatic rings. The van der Waals surface area contributed by atoms with E-state index in [0.717, 1.165) is 11.3 Å². The maximum Gasteiger partial charge on any atom is 0.295 e. The maximum atomic E-state index is 12.9. The number of rotatable bonds is 6. The average Bonchev–Trinajstić information content (AvgIpc) is 2.97. The van der Waals surface area contributed by atoms with Crippen molar-refractivity contribution in [3.05, 3.63) is 65.5 Å². The van der Waals surface area contributed by atoms with Gasteiger partial charge in [-0.1, -0.05) is 12.1 Å². The highest BCUT2D eigenvalue weighted by Gasteiger charge is 2.45. The fourth-order valence-corrected chi connectivity index (χ4v) is 3.38. The lowest BCUT2D eigenvalue weighted by Crippen LogP contribution is -2.35. The standard InChI is InChI=1S/C22H26N4O3/c1-24(2)13-14-26-19(15-5-7-17(8-6-15)25(3)4)18(21(28)22(26)29)20(27)16-9-11-23-12-10-16/h5-12,19,27H,13-14H2,1-4H3/b20-18-. The van der Waals surface area contributed by atoms with Crippen LogP contribution in [-0.2, 0) is 9.59 Å². The molecule has 1 unspecified atom stereocenters. The molecular weight excluding hydrogens is 368 g/mol. The first-order valence-electron chi connectivity index (χ1n) is 9.42. The van der Waals surface area contributed by atoms with Gasteiger partial charge in [-0.3, -0.25) is 14.6 Å². The Bertz CT molecular complexity index is 921. The summed E-state index contributed by atoms with van der Waals surface area (Å²) in [6, 6.07) is 10.3. The van der Waals surface area contributed by atoms with Gasteiger partial charge >= 0.3 is 0 Å². The number of hydrogen-bond donors (Lipinski definition) is 1. The Morgan fingerprint density at radius 1 is 1.03 bits per heavy atom. The van der Waals surface area contributed by atoms with Gasteiger partial charge in [0, 0.05) is 50.8 Å². The molecule has 0 bridgehead atoms. The Labute approximate surface area is 170 Å². The number of aliphatic hydroxyl groups excluding tert-OH is 1. The Hall–Kier alpha value is -3.19. The van der Waals surface area contributed by atoms with Gasteiger partial charge in [0.15, 0.2) is 0 Å². The summed E-state index contributed by atoms with van der Waals surface area (Å²) < 4.78 is 0. The number of aromatic nitrogens is 1. The fourth-order valence-electron chi connectivity index (χ4n) is 3.38. The molecule has 1 fully saturated rings. The summed E-state index contributed by atoms with van der Waals surface area (Å²) >= 11 is 0. The number of nitrogens with zero attached hydrogens (tertiary/aromatic N) is 4. The molecule has 1 aromatic carbocycles. The monoisotopic (exact) mass is 394 g/mol. The van der Waals surface area contributed by atoms with Crippen LogP contribution in [0.5, 0.6) is 0 Å². The molecule has 7 heteroatoms. The molecule has 3 rings (SSSR count). The van der Waals surface area contributed by atoms with E-state index in [2.05, 4.69) is 4.98 Å². The van der Waals surface area contributed by atoms with Crippen LogP contribution in [0.1, 0.15) is 17.2 Å². The third kappa shape index (κ3) is 4.14. The maximum absolute atomic E-state index is 12.9. The quantitative estimate of drug-likeness (QED) is 0.460. The van der Waals surface area contributed by atoms with Gasteiger partial charge < -0.3 is 19.8 Å². The molecule has 0 spiro atoms. The highest BCUT2D eigenvalue weighted by Crippen LogP contribution is 2.39. The lowest BCUT2D eigenvalue weighted by molar-refractivity contribution is -0.140. The zero-order valence-electron chi connectivity index (χ0n) is 17.2. The molecule has 0 aliphatic carbocycles. The van der Waals surface area contributed by atoms with E-state index in [1.807, 2.05) is 62.3 Å². The Kier molecular flexibility index (Phi) is 5.98. The normalized spacial score (nSPS) is 18.5. The third-order valence-corrected chi connectivity index (χ3v) is 5.01. The molecule has 0 radical (unpaired) electrons. The van der Waals surface area contributed by atoms with Gasteiger partial charge in [-0.2, -0.15) is 0 Å². The van der Waals surface area contributed by atoms with E-state index in [1.165, 1.54) is 12.4 Å². The second kappa shape index (κ2) is 8.45. The van der Waals surface area contributed by atoms with Crippen LogP contribution >= 0.6 is 0 Å². The summed E-state index contributed by atoms with van der Waals surface area (Å²) in [7, 11) is 7.71. The molecule has 1 aliphatic heterocycles. The predicted molar refractivity (Wildman–Crippen MR) is 113 cm³/mol. The van der Waals surface area contributed by atoms with E-state index in [-0.39, 0.29) is 11.3 Å². The van der Waals surface area contributed by atoms with Crippen molar-refractivity contribution in [3.63, 3.8) is 0 Å². The molecule has 1 N–H and O–H groups in total. The van der Waals surface area contributed by atoms with Crippen molar-refractivity contribution in [1.29, 1.82) is 0 Å². The number of likely N-dealkylation sites (N-methyl/N-ethyl adjacent to an activating group) is 1. The number of pyridine rings is 1. The Balaban J connectivity index is 2.11. The molecule has 152 valence electrons. The summed E-state index contributed by atoms with van der Waals surface area (Å²) in [4.78, 5) is 35.1. The van der Waals surface area contributed by atoms with Crippen LogP contribution in [0, 0.1) is 0 Å². The number of likely N-dealkylation sites (tertiary alicyclic amines) is 1. The first-order chi connectivity index (χ1) is 13.8. The minimum Gasteiger partial charge on any atom is -0.507 e. The van der Waals surface area contributed by atoms with E-state index < -0.39 is 17.7 Å². The summed E-state index contributed by atoms with van der Waals surface area (Å²) in [5.74, 6) is -1.44. The molecular formula is C22H26N4O3. The lowest BCUT2D eigenvalue weighted by atomic mass is 9.95. The highest BCUT2D eigenvalue weighted by atomic mass is 16.3. The molecule has 1 saturated heterocycles. The molecule has 0 saturated carbocycles. The van der Waals surface area contributed by atoms with Gasteiger partial charge in [0.05, 0.1) is 11.6 Å². The molecule has 1 atom stereocenters. The van der Waals surface area contributed by atoms with Crippen molar-refractivity contribution in [2.75, 3.05) is 46.2 Å². The van der Waals surface area contributed by atoms with Crippen molar-refractivity contribution >= 4 is 23.1 Å². The van der Waals surface area contributed by atoms with Crippen molar-refractivity contribution in [2.24, 2.45) is 0 Å². The topological polar surface area (TPSA) is 77.0 Å². The van der Waals surface area contributed by atoms with E-state index in [9.17, 15) is 14.7 Å². The van der Waals surface area contributed by atoms with Crippen LogP contribution in [0.25, 0.3) is 5.76 Å². The number of anilines is 1. The first-order valence-corrected chi connectivity index (χ1v) is 9.42. The van der Waals surface area contributed by atoms with Gasteiger partial charge in [0.2, 0.25) is 0 Å². The number of Topliss-reactive ketones (excluding diaryl/α,β-unsaturated/α-hetero) is 1. The molecule has 29 heavy (non-hydrogen) atoms. The minimum absolute atomic E-state index is 0.109. The number of benzene rings is 1. The Morgan fingerprint density at radius 3 is 2.21 bits per heavy atom. The van der Waals surface area contributed by atoms with Crippen LogP contribution in [0.15, 0.2) is 54.4 Å². The fraction of sp³-hybridized carbons (Fsp3) is 0.318. The van der Waals surface area contributed by atoms with Crippen LogP contribution in [0.3, 0.4) is 0 Å². The molecule has 1 aromatic heterocycles. The summed E-state index contributed by atoms with van der Waals surface area (Å²) in [5, 5.41) is 10.9. The Morgan fingerprint density at radius 2 is 1.66 bits per heavy atom. The number of amides is 1. The number of hydrogen-bond acceptors (Lipinski definition) is 6. The van der Waals surface area contributed by atoms with Crippen molar-refractivity contribution in [2.45, 2.75) is 6.04 Å². The van der Waals surface area contributed by atoms with E-state index in [0.29, 0.717) is 18.7 Å². The number of carbonyl (C=O) groups is 2. The van der Waals surface area contributed by atoms with E-state index in [1.54, 1.807) is 17.0 Å². The third-order valence-electron chi connectivity index (χ3n) is 5.01. The summed E-state index contributed by atoms with van der Waals surface area (Å²) in [5.41, 5.74) is 2.36. The van der Waals surface area contributed by atoms with Crippen LogP contribution in [-0.4, -0.2) is 72.9 Å². The molecule has 7 nitrogen and oxygen atoms in total. The average molecular weight is 394 g/mol. The second-order valence-electron chi connectivity index (χ2n) is 7.52. The molecule has 1 amide bonds. The zero-order chi connectivity index (χ0) is 21.1. The van der Waals surface area contributed by atoms with Crippen molar-refractivity contribution in [3.8, 4) is 0 Å². The van der Waals surface area contributed by atoms with Crippen LogP contribution in [0.4, 0.5) is 5.69 Å². The van der Waals surface area contributed by atoms with Gasteiger partial charge in [-0.05, 0) is 43.9 Å². The summed E-state index contributed by atoms with van der Waals surface area (Å²) in [6.07, 6.45) is 3.08. The number of ketones is 1. The van der Waals surface area contributed by atoms with Crippen molar-refractivity contribution < 1.29 is 14.7 Å². The van der Waals surface area contributed by atoms with Gasteiger partial charge in [0.1, 0.15) is 5.76 Å². The predicted octanol–water partition coefficient (Wildman–Crippen LogP) is 2.13. The highest BCUT2D eigenvalue weighted by molar-refractivity contribution is 6.46. The smallest absolute Gasteiger partial charge is 0.295 e. The van der Waals surface area contributed by atoms with Crippen LogP contribution < -0.4 is 4.90 Å². The lowest BCUT2D eigenvalue weighted by Gasteiger charge is -2.27. The zero-order valence-corrected chi connectivity index (χ0v) is 17.2. The second-order valence-corrected chi connectivity index (χ2v) is 7.52. The number of carbonyl (C=O) groups excluding carboxylic acids is 2. The molecule has 2 aromatic rings. The van der Waals surface area contributed by atoms with E-state index in [4.69, 9.17) is 0 Å². The van der Waals surface area contributed by atoms with Gasteiger partial charge in [-0.15, -0.1) is 0 Å². The molecule has 2 heterocycles. The first kappa shape index (κ1) is 20.5.